The normalized spacial score (nSPS) is 16.0. The molecule has 0 N–H and O–H groups in total. The Bertz CT molecular complexity index is 473. The van der Waals surface area contributed by atoms with Crippen molar-refractivity contribution in [3.05, 3.63) is 5.53 Å². The smallest absolute Gasteiger partial charge is 0.359 e. The highest BCUT2D eigenvalue weighted by Gasteiger charge is 2.46. The zero-order valence-electron chi connectivity index (χ0n) is 10.4. The van der Waals surface area contributed by atoms with E-state index in [-0.39, 0.29) is 12.8 Å². The highest BCUT2D eigenvalue weighted by molar-refractivity contribution is 8.31. The van der Waals surface area contributed by atoms with Gasteiger partial charge in [-0.15, -0.1) is 4.79 Å². The molecule has 0 aliphatic carbocycles. The first-order valence-corrected chi connectivity index (χ1v) is 8.45. The molecule has 0 saturated carbocycles. The minimum atomic E-state index is -4.10. The van der Waals surface area contributed by atoms with Gasteiger partial charge in [0.15, 0.2) is 0 Å². The zero-order chi connectivity index (χ0) is 13.9. The molecule has 6 nitrogen and oxygen atoms in total. The summed E-state index contributed by atoms with van der Waals surface area (Å²) >= 11 is 0. The lowest BCUT2D eigenvalue weighted by molar-refractivity contribution is 0.00368. The molecule has 100 valence electrons. The Morgan fingerprint density at radius 1 is 1.00 bits per heavy atom. The van der Waals surface area contributed by atoms with Gasteiger partial charge in [-0.05, 0) is 26.7 Å². The molecule has 0 aromatic rings. The van der Waals surface area contributed by atoms with Gasteiger partial charge in [-0.1, -0.05) is 13.8 Å². The van der Waals surface area contributed by atoms with Gasteiger partial charge in [-0.25, -0.2) is 16.8 Å². The van der Waals surface area contributed by atoms with Crippen molar-refractivity contribution in [2.75, 3.05) is 0 Å². The van der Waals surface area contributed by atoms with Crippen molar-refractivity contribution < 1.29 is 21.6 Å². The van der Waals surface area contributed by atoms with Crippen LogP contribution in [-0.2, 0) is 19.7 Å². The van der Waals surface area contributed by atoms with E-state index < -0.39 is 34.6 Å². The van der Waals surface area contributed by atoms with Gasteiger partial charge in [0.05, 0.1) is 10.5 Å². The van der Waals surface area contributed by atoms with Crippen LogP contribution in [0, 0.1) is 0 Å². The fraction of sp³-hybridized carbons (Fsp3) is 0.889. The van der Waals surface area contributed by atoms with E-state index in [1.165, 1.54) is 13.8 Å². The van der Waals surface area contributed by atoms with Gasteiger partial charge in [-0.3, -0.25) is 0 Å². The fourth-order valence-electron chi connectivity index (χ4n) is 1.06. The Kier molecular flexibility index (Phi) is 5.51. The third kappa shape index (κ3) is 3.14. The van der Waals surface area contributed by atoms with Crippen LogP contribution in [0.15, 0.2) is 0 Å². The molecule has 0 aliphatic rings. The number of sulfone groups is 2. The summed E-state index contributed by atoms with van der Waals surface area (Å²) in [4.78, 5) is 2.51. The van der Waals surface area contributed by atoms with Crippen LogP contribution in [0.2, 0.25) is 0 Å². The molecule has 0 amide bonds. The van der Waals surface area contributed by atoms with Gasteiger partial charge >= 0.3 is 4.38 Å². The van der Waals surface area contributed by atoms with E-state index in [0.717, 1.165) is 0 Å². The van der Waals surface area contributed by atoms with Gasteiger partial charge < -0.3 is 5.53 Å². The minimum absolute atomic E-state index is 0.247. The van der Waals surface area contributed by atoms with Crippen molar-refractivity contribution in [2.24, 2.45) is 0 Å². The molecule has 0 bridgehead atoms. The van der Waals surface area contributed by atoms with Crippen LogP contribution < -0.4 is 0 Å². The second-order valence-corrected chi connectivity index (χ2v) is 8.71. The lowest BCUT2D eigenvalue weighted by atomic mass is 10.4. The van der Waals surface area contributed by atoms with Crippen LogP contribution in [0.3, 0.4) is 0 Å². The van der Waals surface area contributed by atoms with Crippen molar-refractivity contribution in [3.63, 3.8) is 0 Å². The maximum absolute atomic E-state index is 11.9. The van der Waals surface area contributed by atoms with Crippen molar-refractivity contribution in [1.29, 1.82) is 0 Å². The molecule has 0 rings (SSSR count). The first-order chi connectivity index (χ1) is 7.66. The molecule has 0 saturated heterocycles. The van der Waals surface area contributed by atoms with Gasteiger partial charge in [0.25, 0.3) is 19.7 Å². The number of hydrogen-bond donors (Lipinski definition) is 0. The Labute approximate surface area is 102 Å². The molecular weight excluding hydrogens is 264 g/mol. The number of rotatable bonds is 4. The average molecular weight is 282 g/mol. The maximum atomic E-state index is 11.9. The number of hydrogen-bond acceptors (Lipinski definition) is 4. The first kappa shape index (κ1) is 16.3. The number of nitrogens with zero attached hydrogens (tertiary/aromatic N) is 2. The summed E-state index contributed by atoms with van der Waals surface area (Å²) in [5, 5.41) is -1.79. The van der Waals surface area contributed by atoms with Crippen molar-refractivity contribution in [3.8, 4) is 0 Å². The predicted molar refractivity (Wildman–Crippen MR) is 66.0 cm³/mol. The predicted octanol–water partition coefficient (Wildman–Crippen LogP) is 0.999. The summed E-state index contributed by atoms with van der Waals surface area (Å²) in [5.41, 5.74) is 8.72. The second-order valence-electron chi connectivity index (χ2n) is 3.89. The largest absolute Gasteiger partial charge is 0.495 e. The van der Waals surface area contributed by atoms with Crippen molar-refractivity contribution in [2.45, 2.75) is 51.0 Å². The van der Waals surface area contributed by atoms with Crippen LogP contribution in [0.4, 0.5) is 0 Å². The Hall–Kier alpha value is -0.720. The molecular formula is C9H18N2O4S2. The Balaban J connectivity index is 5.82. The molecule has 0 heterocycles. The highest BCUT2D eigenvalue weighted by atomic mass is 32.3. The van der Waals surface area contributed by atoms with E-state index >= 15 is 0 Å². The first-order valence-electron chi connectivity index (χ1n) is 5.36. The van der Waals surface area contributed by atoms with E-state index in [9.17, 15) is 16.8 Å². The monoisotopic (exact) mass is 282 g/mol. The SMILES string of the molecule is CCC(C)S(=O)(=O)C(=[N+]=[N-])S(=O)(=O)C(C)CC. The Morgan fingerprint density at radius 3 is 1.47 bits per heavy atom. The summed E-state index contributed by atoms with van der Waals surface area (Å²) in [7, 11) is -8.20. The van der Waals surface area contributed by atoms with Gasteiger partial charge in [0, 0.05) is 0 Å². The van der Waals surface area contributed by atoms with Gasteiger partial charge in [-0.2, -0.15) is 0 Å². The van der Waals surface area contributed by atoms with Crippen LogP contribution >= 0.6 is 0 Å². The van der Waals surface area contributed by atoms with Crippen molar-refractivity contribution >= 4 is 24.1 Å². The molecule has 0 aromatic heterocycles. The minimum Gasteiger partial charge on any atom is -0.359 e. The fourth-order valence-corrected chi connectivity index (χ4v) is 5.13. The average Bonchev–Trinajstić information content (AvgIpc) is 2.26. The van der Waals surface area contributed by atoms with E-state index in [0.29, 0.717) is 0 Å². The third-order valence-corrected chi connectivity index (χ3v) is 8.09. The molecule has 17 heavy (non-hydrogen) atoms. The molecule has 2 unspecified atom stereocenters. The van der Waals surface area contributed by atoms with Gasteiger partial charge in [0.2, 0.25) is 0 Å². The van der Waals surface area contributed by atoms with Crippen LogP contribution in [-0.4, -0.2) is 36.5 Å². The summed E-state index contributed by atoms with van der Waals surface area (Å²) in [5.74, 6) is 0. The van der Waals surface area contributed by atoms with Crippen LogP contribution in [0.1, 0.15) is 40.5 Å². The standard InChI is InChI=1S/C9H18N2O4S2/c1-5-7(3)16(12,13)9(11-10)17(14,15)8(4)6-2/h7-8H,5-6H2,1-4H3. The molecule has 0 aliphatic heterocycles. The van der Waals surface area contributed by atoms with Crippen molar-refractivity contribution in [1.82, 2.24) is 0 Å². The van der Waals surface area contributed by atoms with E-state index in [4.69, 9.17) is 5.53 Å². The molecule has 0 fully saturated rings. The summed E-state index contributed by atoms with van der Waals surface area (Å²) in [6.45, 7) is 6.00. The summed E-state index contributed by atoms with van der Waals surface area (Å²) in [6, 6.07) is 0. The molecule has 0 aromatic carbocycles. The summed E-state index contributed by atoms with van der Waals surface area (Å²) in [6.07, 6.45) is 0.495. The van der Waals surface area contributed by atoms with Crippen LogP contribution in [0.5, 0.6) is 0 Å². The maximum Gasteiger partial charge on any atom is 0.495 e. The quantitative estimate of drug-likeness (QED) is 0.332. The third-order valence-electron chi connectivity index (χ3n) is 2.78. The lowest BCUT2D eigenvalue weighted by Crippen LogP contribution is -2.37. The molecule has 0 radical (unpaired) electrons. The van der Waals surface area contributed by atoms with E-state index in [1.54, 1.807) is 13.8 Å². The topological polar surface area (TPSA) is 105 Å². The molecule has 2 atom stereocenters. The highest BCUT2D eigenvalue weighted by Crippen LogP contribution is 2.16. The Morgan fingerprint density at radius 2 is 1.29 bits per heavy atom. The molecule has 0 spiro atoms. The zero-order valence-corrected chi connectivity index (χ0v) is 12.0. The van der Waals surface area contributed by atoms with E-state index in [1.807, 2.05) is 0 Å². The lowest BCUT2D eigenvalue weighted by Gasteiger charge is -2.10. The molecule has 8 heteroatoms. The van der Waals surface area contributed by atoms with E-state index in [2.05, 4.69) is 4.79 Å². The second kappa shape index (κ2) is 5.75. The van der Waals surface area contributed by atoms with Crippen LogP contribution in [0.25, 0.3) is 5.53 Å². The summed E-state index contributed by atoms with van der Waals surface area (Å²) < 4.78 is 46.4. The van der Waals surface area contributed by atoms with Gasteiger partial charge in [0.1, 0.15) is 0 Å².